The van der Waals surface area contributed by atoms with Crippen molar-refractivity contribution in [2.45, 2.75) is 89.2 Å². The minimum Gasteiger partial charge on any atom is -0.459 e. The Morgan fingerprint density at radius 2 is 1.86 bits per heavy atom. The number of aliphatic hydroxyl groups excluding tert-OH is 3. The summed E-state index contributed by atoms with van der Waals surface area (Å²) in [7, 11) is 0. The van der Waals surface area contributed by atoms with Crippen LogP contribution < -0.4 is 0 Å². The molecule has 2 aliphatic heterocycles. The summed E-state index contributed by atoms with van der Waals surface area (Å²) >= 11 is 0. The van der Waals surface area contributed by atoms with Gasteiger partial charge in [-0.15, -0.1) is 0 Å². The molecule has 0 unspecified atom stereocenters. The fourth-order valence-corrected chi connectivity index (χ4v) is 8.06. The number of hydrogen-bond donors (Lipinski definition) is 4. The molecule has 3 aliphatic carbocycles. The molecule has 0 aromatic carbocycles. The molecule has 1 radical (unpaired) electrons. The van der Waals surface area contributed by atoms with Crippen LogP contribution >= 0.6 is 0 Å². The quantitative estimate of drug-likeness (QED) is 0.284. The van der Waals surface area contributed by atoms with E-state index in [2.05, 4.69) is 0 Å². The molecule has 4 fully saturated rings. The van der Waals surface area contributed by atoms with Gasteiger partial charge in [-0.25, -0.2) is 9.59 Å². The third kappa shape index (κ3) is 3.33. The Hall–Kier alpha value is -0.408. The number of rotatable bonds is 3. The van der Waals surface area contributed by atoms with E-state index < -0.39 is 88.0 Å². The molecule has 197 valence electrons. The van der Waals surface area contributed by atoms with Crippen LogP contribution in [0.15, 0.2) is 11.6 Å². The van der Waals surface area contributed by atoms with Crippen molar-refractivity contribution >= 4 is 17.7 Å². The molecule has 12 atom stereocenters. The predicted molar refractivity (Wildman–Crippen MR) is 117 cm³/mol. The summed E-state index contributed by atoms with van der Waals surface area (Å²) in [5, 5.41) is 44.5. The molecule has 5 aliphatic rings. The molecule has 11 heteroatoms. The Balaban J connectivity index is 0.00000304. The zero-order valence-electron chi connectivity index (χ0n) is 21.1. The molecule has 2 bridgehead atoms. The second-order valence-electron chi connectivity index (χ2n) is 11.7. The molecule has 4 N–H and O–H groups in total. The zero-order valence-corrected chi connectivity index (χ0v) is 25.9. The maximum Gasteiger partial charge on any atom is 0.348 e. The average Bonchev–Trinajstić information content (AvgIpc) is 3.06. The summed E-state index contributed by atoms with van der Waals surface area (Å²) in [6.07, 6.45) is -4.94. The zero-order chi connectivity index (χ0) is 25.9. The number of carbonyl (C=O) groups is 3. The van der Waals surface area contributed by atoms with Gasteiger partial charge in [-0.3, -0.25) is 4.79 Å². The van der Waals surface area contributed by atoms with Gasteiger partial charge in [0.05, 0.1) is 18.6 Å². The first kappa shape index (κ1) is 28.6. The van der Waals surface area contributed by atoms with E-state index in [4.69, 9.17) is 14.2 Å². The number of aliphatic hydroxyl groups is 4. The molecule has 0 aromatic rings. The molecule has 36 heavy (non-hydrogen) atoms. The first-order valence-electron chi connectivity index (χ1n) is 12.2. The van der Waals surface area contributed by atoms with Crippen molar-refractivity contribution in [3.63, 3.8) is 0 Å². The van der Waals surface area contributed by atoms with Crippen LogP contribution in [0.4, 0.5) is 0 Å². The number of fused-ring (bicyclic) bond motifs is 2. The van der Waals surface area contributed by atoms with E-state index in [0.717, 1.165) is 0 Å². The average molecular weight is 722 g/mol. The summed E-state index contributed by atoms with van der Waals surface area (Å²) in [5.41, 5.74) is -4.97. The summed E-state index contributed by atoms with van der Waals surface area (Å²) in [6.45, 7) is 7.90. The monoisotopic (exact) mass is 721 g/mol. The van der Waals surface area contributed by atoms with Crippen molar-refractivity contribution in [2.24, 2.45) is 28.6 Å². The second-order valence-corrected chi connectivity index (χ2v) is 11.7. The molecule has 2 saturated carbocycles. The smallest absolute Gasteiger partial charge is 0.348 e. The minimum absolute atomic E-state index is 0. The van der Waals surface area contributed by atoms with Crippen molar-refractivity contribution in [1.82, 2.24) is 0 Å². The Morgan fingerprint density at radius 1 is 1.22 bits per heavy atom. The maximum absolute atomic E-state index is 13.3. The van der Waals surface area contributed by atoms with Crippen LogP contribution in [0.1, 0.15) is 47.5 Å². The van der Waals surface area contributed by atoms with Crippen LogP contribution in [0.5, 0.6) is 0 Å². The fourth-order valence-electron chi connectivity index (χ4n) is 8.06. The van der Waals surface area contributed by atoms with Crippen molar-refractivity contribution in [2.75, 3.05) is 6.61 Å². The van der Waals surface area contributed by atoms with Gasteiger partial charge in [0, 0.05) is 60.8 Å². The van der Waals surface area contributed by atoms with Crippen LogP contribution in [-0.2, 0) is 28.6 Å². The van der Waals surface area contributed by atoms with E-state index in [1.807, 2.05) is 0 Å². The van der Waals surface area contributed by atoms with E-state index in [-0.39, 0.29) is 63.5 Å². The van der Waals surface area contributed by atoms with Crippen LogP contribution in [-0.4, -0.2) is 86.5 Å². The SMILES string of the molecule is CC[C@@](C)(O)C(=O)O[C@H]1C(=O)O[C@@H]2C[C@H]3C(C)=CC(=O)[C@@H](O)[C@]3(C)[C@H]3[C@@H](O)[C@H](O)[C@]4(C)OC[C@]32[C@@H]14.[Ac]. The molecule has 0 amide bonds. The van der Waals surface area contributed by atoms with Crippen molar-refractivity contribution in [3.05, 3.63) is 11.6 Å². The molecule has 5 rings (SSSR count). The number of hydrogen-bond acceptors (Lipinski definition) is 10. The van der Waals surface area contributed by atoms with E-state index in [1.165, 1.54) is 13.0 Å². The molecule has 1 spiro atoms. The van der Waals surface area contributed by atoms with Gasteiger partial charge in [-0.05, 0) is 45.6 Å². The van der Waals surface area contributed by atoms with E-state index in [0.29, 0.717) is 5.57 Å². The van der Waals surface area contributed by atoms with Gasteiger partial charge in [0.15, 0.2) is 11.4 Å². The van der Waals surface area contributed by atoms with E-state index in [9.17, 15) is 34.8 Å². The topological polar surface area (TPSA) is 160 Å². The second kappa shape index (κ2) is 8.80. The summed E-state index contributed by atoms with van der Waals surface area (Å²) in [6, 6.07) is 0. The molecular formula is C25H34AcO10. The normalized spacial score (nSPS) is 50.5. The third-order valence-corrected chi connectivity index (χ3v) is 10.1. The van der Waals surface area contributed by atoms with E-state index >= 15 is 0 Å². The van der Waals surface area contributed by atoms with Gasteiger partial charge in [-0.2, -0.15) is 0 Å². The van der Waals surface area contributed by atoms with Crippen LogP contribution in [0.3, 0.4) is 0 Å². The Bertz CT molecular complexity index is 1030. The largest absolute Gasteiger partial charge is 0.459 e. The van der Waals surface area contributed by atoms with Gasteiger partial charge in [-0.1, -0.05) is 19.4 Å². The molecule has 2 heterocycles. The van der Waals surface area contributed by atoms with Crippen molar-refractivity contribution in [1.29, 1.82) is 0 Å². The van der Waals surface area contributed by atoms with Crippen LogP contribution in [0.25, 0.3) is 0 Å². The van der Waals surface area contributed by atoms with Gasteiger partial charge >= 0.3 is 11.9 Å². The summed E-state index contributed by atoms with van der Waals surface area (Å²) in [5.74, 6) is -4.58. The summed E-state index contributed by atoms with van der Waals surface area (Å²) < 4.78 is 17.6. The van der Waals surface area contributed by atoms with E-state index in [1.54, 1.807) is 27.7 Å². The Kier molecular flexibility index (Phi) is 6.99. The van der Waals surface area contributed by atoms with Gasteiger partial charge in [0.2, 0.25) is 6.10 Å². The number of esters is 2. The number of allylic oxidation sites excluding steroid dienone is 1. The standard InChI is InChI=1S/C25H34O10.Ac/c1-6-22(3,32)21(31)35-15-17-24(5)19(29)14(27)16-23(4)11(10(2)7-12(26)18(23)28)8-13(34-20(15)30)25(16,17)9-33-24;/h7,11,13-19,27-29,32H,6,8-9H2,1-5H3;/t11-,13+,14+,15+,16+,17-,18+,19-,22+,23-,24+,25+;/m0./s1. The van der Waals surface area contributed by atoms with Crippen molar-refractivity contribution < 1.29 is 93.1 Å². The van der Waals surface area contributed by atoms with Crippen LogP contribution in [0, 0.1) is 72.6 Å². The Morgan fingerprint density at radius 3 is 2.47 bits per heavy atom. The molecule has 0 aromatic heterocycles. The minimum atomic E-state index is -1.85. The third-order valence-electron chi connectivity index (χ3n) is 10.1. The van der Waals surface area contributed by atoms with Crippen molar-refractivity contribution in [3.8, 4) is 0 Å². The molecule has 10 nitrogen and oxygen atoms in total. The summed E-state index contributed by atoms with van der Waals surface area (Å²) in [4.78, 5) is 38.9. The number of carbonyl (C=O) groups excluding carboxylic acids is 3. The van der Waals surface area contributed by atoms with Gasteiger partial charge < -0.3 is 34.6 Å². The first-order valence-corrected chi connectivity index (χ1v) is 12.2. The van der Waals surface area contributed by atoms with Gasteiger partial charge in [0.1, 0.15) is 23.9 Å². The first-order chi connectivity index (χ1) is 16.2. The molecular weight excluding hydrogens is 687 g/mol. The Labute approximate surface area is 245 Å². The van der Waals surface area contributed by atoms with Gasteiger partial charge in [0.25, 0.3) is 0 Å². The molecule has 2 saturated heterocycles. The fraction of sp³-hybridized carbons (Fsp3) is 0.800. The maximum atomic E-state index is 13.3. The number of ketones is 1. The number of ether oxygens (including phenoxy) is 3. The van der Waals surface area contributed by atoms with Crippen LogP contribution in [0.2, 0.25) is 0 Å². The predicted octanol–water partition coefficient (Wildman–Crippen LogP) is -0.356.